The number of ether oxygens (including phenoxy) is 2. The molecule has 2 amide bonds. The van der Waals surface area contributed by atoms with E-state index in [0.29, 0.717) is 0 Å². The van der Waals surface area contributed by atoms with Crippen molar-refractivity contribution in [2.24, 2.45) is 0 Å². The number of benzene rings is 1. The highest BCUT2D eigenvalue weighted by atomic mass is 16.7. The summed E-state index contributed by atoms with van der Waals surface area (Å²) < 4.78 is 10.5. The van der Waals surface area contributed by atoms with Crippen LogP contribution in [0.3, 0.4) is 0 Å². The summed E-state index contributed by atoms with van der Waals surface area (Å²) in [5.74, 6) is -1.11. The normalized spacial score (nSPS) is 21.1. The predicted molar refractivity (Wildman–Crippen MR) is 108 cm³/mol. The molecule has 0 spiro atoms. The molecule has 4 rings (SSSR count). The summed E-state index contributed by atoms with van der Waals surface area (Å²) in [6, 6.07) is 7.84. The van der Waals surface area contributed by atoms with Gasteiger partial charge < -0.3 is 14.8 Å². The van der Waals surface area contributed by atoms with Crippen LogP contribution in [0.1, 0.15) is 45.6 Å². The minimum Gasteiger partial charge on any atom is -0.461 e. The fourth-order valence-electron chi connectivity index (χ4n) is 3.27. The number of hydrogen-bond donors (Lipinski definition) is 1. The van der Waals surface area contributed by atoms with Gasteiger partial charge in [-0.1, -0.05) is 42.5 Å². The van der Waals surface area contributed by atoms with Gasteiger partial charge in [0.2, 0.25) is 0 Å². The lowest BCUT2D eigenvalue weighted by atomic mass is 9.97. The first-order valence-electron chi connectivity index (χ1n) is 10.1. The zero-order chi connectivity index (χ0) is 21.7. The molecule has 2 aliphatic heterocycles. The fourth-order valence-corrected chi connectivity index (χ4v) is 3.27. The summed E-state index contributed by atoms with van der Waals surface area (Å²) in [4.78, 5) is 43.4. The average molecular weight is 416 g/mol. The Balaban J connectivity index is 1.65. The maximum atomic E-state index is 13.1. The molecule has 1 N–H and O–H groups in total. The number of rotatable bonds is 6. The van der Waals surface area contributed by atoms with Crippen LogP contribution in [0, 0.1) is 0 Å². The van der Waals surface area contributed by atoms with E-state index in [4.69, 9.17) is 14.3 Å². The van der Waals surface area contributed by atoms with E-state index in [1.807, 2.05) is 42.5 Å². The molecule has 2 heterocycles. The molecule has 0 radical (unpaired) electrons. The van der Waals surface area contributed by atoms with E-state index in [2.05, 4.69) is 5.32 Å². The van der Waals surface area contributed by atoms with Gasteiger partial charge in [0.05, 0.1) is 12.5 Å². The molecular weight excluding hydrogens is 388 g/mol. The number of amides is 2. The summed E-state index contributed by atoms with van der Waals surface area (Å²) in [6.45, 7) is 5.24. The molecule has 8 nitrogen and oxygen atoms in total. The Kier molecular flexibility index (Phi) is 6.77. The lowest BCUT2D eigenvalue weighted by molar-refractivity contribution is -0.232. The third-order valence-corrected chi connectivity index (χ3v) is 4.66. The van der Waals surface area contributed by atoms with Crippen molar-refractivity contribution in [3.05, 3.63) is 48.0 Å². The van der Waals surface area contributed by atoms with Crippen LogP contribution in [0.15, 0.2) is 42.5 Å². The van der Waals surface area contributed by atoms with Gasteiger partial charge in [0.25, 0.3) is 5.91 Å². The van der Waals surface area contributed by atoms with E-state index in [-0.39, 0.29) is 25.2 Å². The first-order valence-corrected chi connectivity index (χ1v) is 10.1. The standard InChI is InChI=1S/C22H28N2O6/c1-22(2,3)29-21(27)23-18(13-19(25)28-14-15-7-5-4-6-8-15)20(26)24-16-9-11-17(30-24)12-10-16/h4-9,11,16-18H,10,12-14H2,1-3H3,(H,23,27)/t16?,17?,18-/m0/s1. The van der Waals surface area contributed by atoms with Gasteiger partial charge >= 0.3 is 12.1 Å². The quantitative estimate of drug-likeness (QED) is 0.566. The Labute approximate surface area is 176 Å². The smallest absolute Gasteiger partial charge is 0.408 e. The molecule has 0 aromatic heterocycles. The second-order valence-electron chi connectivity index (χ2n) is 8.39. The molecule has 1 aliphatic carbocycles. The number of alkyl carbamates (subject to hydrolysis) is 1. The Morgan fingerprint density at radius 1 is 1.17 bits per heavy atom. The highest BCUT2D eigenvalue weighted by Crippen LogP contribution is 2.28. The SMILES string of the molecule is CC(C)(C)OC(=O)N[C@@H](CC(=O)OCc1ccccc1)C(=O)N1OC2C=CC1CC2. The average Bonchev–Trinajstić information content (AvgIpc) is 2.71. The van der Waals surface area contributed by atoms with Gasteiger partial charge in [-0.15, -0.1) is 0 Å². The van der Waals surface area contributed by atoms with Gasteiger partial charge in [-0.25, -0.2) is 9.86 Å². The van der Waals surface area contributed by atoms with Crippen LogP contribution in [-0.4, -0.2) is 46.8 Å². The maximum absolute atomic E-state index is 13.1. The number of hydrogen-bond acceptors (Lipinski definition) is 6. The Morgan fingerprint density at radius 2 is 1.90 bits per heavy atom. The number of fused-ring (bicyclic) bond motifs is 2. The third-order valence-electron chi connectivity index (χ3n) is 4.66. The van der Waals surface area contributed by atoms with Gasteiger partial charge in [0.1, 0.15) is 24.4 Å². The number of nitrogens with zero attached hydrogens (tertiary/aromatic N) is 1. The summed E-state index contributed by atoms with van der Waals surface area (Å²) in [5.41, 5.74) is 0.0882. The highest BCUT2D eigenvalue weighted by molar-refractivity contribution is 5.89. The summed E-state index contributed by atoms with van der Waals surface area (Å²) >= 11 is 0. The fraction of sp³-hybridized carbons (Fsp3) is 0.500. The molecule has 2 bridgehead atoms. The van der Waals surface area contributed by atoms with Crippen molar-refractivity contribution in [1.29, 1.82) is 0 Å². The van der Waals surface area contributed by atoms with Crippen LogP contribution in [0.2, 0.25) is 0 Å². The monoisotopic (exact) mass is 416 g/mol. The van der Waals surface area contributed by atoms with Crippen molar-refractivity contribution < 1.29 is 28.7 Å². The van der Waals surface area contributed by atoms with Crippen molar-refractivity contribution in [1.82, 2.24) is 10.4 Å². The largest absolute Gasteiger partial charge is 0.461 e. The molecule has 3 atom stereocenters. The van der Waals surface area contributed by atoms with Crippen molar-refractivity contribution >= 4 is 18.0 Å². The molecular formula is C22H28N2O6. The van der Waals surface area contributed by atoms with E-state index in [9.17, 15) is 14.4 Å². The minimum atomic E-state index is -1.16. The number of hydroxylamine groups is 2. The van der Waals surface area contributed by atoms with Crippen LogP contribution >= 0.6 is 0 Å². The van der Waals surface area contributed by atoms with Crippen LogP contribution < -0.4 is 5.32 Å². The van der Waals surface area contributed by atoms with E-state index < -0.39 is 29.6 Å². The van der Waals surface area contributed by atoms with Crippen LogP contribution in [0.25, 0.3) is 0 Å². The molecule has 30 heavy (non-hydrogen) atoms. The van der Waals surface area contributed by atoms with E-state index in [0.717, 1.165) is 18.4 Å². The highest BCUT2D eigenvalue weighted by Gasteiger charge is 2.39. The van der Waals surface area contributed by atoms with Gasteiger partial charge in [0.15, 0.2) is 0 Å². The number of esters is 1. The van der Waals surface area contributed by atoms with Crippen LogP contribution in [0.5, 0.6) is 0 Å². The summed E-state index contributed by atoms with van der Waals surface area (Å²) in [5, 5.41) is 3.75. The second kappa shape index (κ2) is 9.30. The van der Waals surface area contributed by atoms with Crippen molar-refractivity contribution in [2.45, 2.75) is 70.4 Å². The van der Waals surface area contributed by atoms with E-state index in [1.54, 1.807) is 20.8 Å². The Hall–Kier alpha value is -2.87. The Morgan fingerprint density at radius 3 is 2.47 bits per heavy atom. The van der Waals surface area contributed by atoms with Crippen molar-refractivity contribution in [3.8, 4) is 0 Å². The van der Waals surface area contributed by atoms with Gasteiger partial charge in [0, 0.05) is 0 Å². The molecule has 1 aromatic rings. The molecule has 2 unspecified atom stereocenters. The molecule has 162 valence electrons. The zero-order valence-corrected chi connectivity index (χ0v) is 17.5. The molecule has 1 fully saturated rings. The summed E-state index contributed by atoms with van der Waals surface area (Å²) in [6.07, 6.45) is 4.14. The first kappa shape index (κ1) is 21.8. The van der Waals surface area contributed by atoms with Gasteiger partial charge in [-0.05, 0) is 39.2 Å². The Bertz CT molecular complexity index is 802. The zero-order valence-electron chi connectivity index (χ0n) is 17.5. The van der Waals surface area contributed by atoms with Gasteiger partial charge in [-0.2, -0.15) is 0 Å². The van der Waals surface area contributed by atoms with E-state index >= 15 is 0 Å². The first-order chi connectivity index (χ1) is 14.2. The van der Waals surface area contributed by atoms with E-state index in [1.165, 1.54) is 5.06 Å². The summed E-state index contributed by atoms with van der Waals surface area (Å²) in [7, 11) is 0. The number of carbonyl (C=O) groups excluding carboxylic acids is 3. The molecule has 1 saturated heterocycles. The lowest BCUT2D eigenvalue weighted by Gasteiger charge is -2.41. The van der Waals surface area contributed by atoms with Crippen molar-refractivity contribution in [3.63, 3.8) is 0 Å². The molecule has 0 saturated carbocycles. The topological polar surface area (TPSA) is 94.2 Å². The lowest BCUT2D eigenvalue weighted by Crippen LogP contribution is -2.56. The number of nitrogens with one attached hydrogen (secondary N) is 1. The molecule has 3 aliphatic rings. The second-order valence-corrected chi connectivity index (χ2v) is 8.39. The number of carbonyl (C=O) groups is 3. The van der Waals surface area contributed by atoms with Crippen LogP contribution in [0.4, 0.5) is 4.79 Å². The van der Waals surface area contributed by atoms with Crippen LogP contribution in [-0.2, 0) is 30.5 Å². The predicted octanol–water partition coefficient (Wildman–Crippen LogP) is 2.87. The third kappa shape index (κ3) is 6.06. The van der Waals surface area contributed by atoms with Crippen molar-refractivity contribution in [2.75, 3.05) is 0 Å². The maximum Gasteiger partial charge on any atom is 0.408 e. The molecule has 1 aromatic carbocycles. The van der Waals surface area contributed by atoms with Gasteiger partial charge in [-0.3, -0.25) is 14.4 Å². The molecule has 8 heteroatoms. The minimum absolute atomic E-state index is 0.0840.